The van der Waals surface area contributed by atoms with Crippen LogP contribution >= 0.6 is 11.8 Å². The Balaban J connectivity index is 1.80. The molecule has 0 saturated carbocycles. The third-order valence-electron chi connectivity index (χ3n) is 7.45. The van der Waals surface area contributed by atoms with Crippen molar-refractivity contribution in [3.63, 3.8) is 0 Å². The summed E-state index contributed by atoms with van der Waals surface area (Å²) in [6.07, 6.45) is 2.41. The number of piperazine rings is 1. The SMILES string of the molecule is CSc1cccc(F)c1-c1nc2c(cc1F)C(N1CCN(C(=O)O)C[C@@H]1C)=NC(=C=O)N2c1c(C)ccnc1C(C)C. The summed E-state index contributed by atoms with van der Waals surface area (Å²) < 4.78 is 31.3. The molecule has 1 aromatic carbocycles. The molecular formula is C30H30F2N6O3S. The van der Waals surface area contributed by atoms with E-state index in [0.29, 0.717) is 16.3 Å². The van der Waals surface area contributed by atoms with Crippen LogP contribution in [0.25, 0.3) is 11.3 Å². The maximum absolute atomic E-state index is 16.0. The molecule has 12 heteroatoms. The minimum absolute atomic E-state index is 0.0152. The molecule has 1 atom stereocenters. The molecule has 3 aromatic rings. The number of rotatable bonds is 4. The van der Waals surface area contributed by atoms with E-state index in [9.17, 15) is 14.7 Å². The number of fused-ring (bicyclic) bond motifs is 1. The van der Waals surface area contributed by atoms with Crippen LogP contribution in [-0.2, 0) is 4.79 Å². The number of anilines is 2. The molecule has 2 aromatic heterocycles. The standard InChI is InChI=1S/C30H30F2N6O3S/c1-16(2)25-27(17(3)9-10-33-25)38-23(15-39)34-28(37-12-11-36(30(40)41)14-18(37)4)19-13-21(32)26(35-29(19)38)24-20(31)7-6-8-22(24)42-5/h6-10,13,16,18H,11-12,14H2,1-5H3,(H,40,41)/t18-/m0/s1. The van der Waals surface area contributed by atoms with Crippen LogP contribution in [0.1, 0.15) is 43.5 Å². The van der Waals surface area contributed by atoms with Gasteiger partial charge in [0.15, 0.2) is 17.6 Å². The Morgan fingerprint density at radius 3 is 2.60 bits per heavy atom. The third-order valence-corrected chi connectivity index (χ3v) is 8.23. The molecular weight excluding hydrogens is 562 g/mol. The van der Waals surface area contributed by atoms with Crippen LogP contribution in [0.15, 0.2) is 52.2 Å². The number of nitrogens with zero attached hydrogens (tertiary/aromatic N) is 6. The van der Waals surface area contributed by atoms with Crippen molar-refractivity contribution in [2.45, 2.75) is 44.6 Å². The number of halogens is 2. The Bertz CT molecular complexity index is 1660. The molecule has 5 rings (SSSR count). The van der Waals surface area contributed by atoms with Crippen LogP contribution in [0, 0.1) is 18.6 Å². The van der Waals surface area contributed by atoms with Gasteiger partial charge in [-0.2, -0.15) is 0 Å². The second kappa shape index (κ2) is 11.5. The summed E-state index contributed by atoms with van der Waals surface area (Å²) >= 11 is 1.27. The predicted octanol–water partition coefficient (Wildman–Crippen LogP) is 5.83. The Morgan fingerprint density at radius 2 is 1.95 bits per heavy atom. The fraction of sp³-hybridized carbons (Fsp3) is 0.333. The number of carboxylic acid groups (broad SMARTS) is 1. The number of amidine groups is 1. The van der Waals surface area contributed by atoms with E-state index in [1.807, 2.05) is 38.5 Å². The average Bonchev–Trinajstić information content (AvgIpc) is 2.96. The lowest BCUT2D eigenvalue weighted by atomic mass is 10.0. The summed E-state index contributed by atoms with van der Waals surface area (Å²) in [6.45, 7) is 8.26. The molecule has 2 aliphatic heterocycles. The number of aromatic nitrogens is 2. The Morgan fingerprint density at radius 1 is 1.19 bits per heavy atom. The van der Waals surface area contributed by atoms with E-state index in [1.165, 1.54) is 33.7 Å². The minimum Gasteiger partial charge on any atom is -0.465 e. The summed E-state index contributed by atoms with van der Waals surface area (Å²) in [4.78, 5) is 43.3. The highest BCUT2D eigenvalue weighted by Gasteiger charge is 2.38. The van der Waals surface area contributed by atoms with Crippen molar-refractivity contribution in [1.82, 2.24) is 19.8 Å². The summed E-state index contributed by atoms with van der Waals surface area (Å²) in [5, 5.41) is 9.51. The number of thioether (sulfide) groups is 1. The quantitative estimate of drug-likeness (QED) is 0.298. The fourth-order valence-electron chi connectivity index (χ4n) is 5.43. The number of aryl methyl sites for hydroxylation is 1. The topological polar surface area (TPSA) is 102 Å². The van der Waals surface area contributed by atoms with Crippen LogP contribution in [0.2, 0.25) is 0 Å². The molecule has 0 bridgehead atoms. The lowest BCUT2D eigenvalue weighted by Crippen LogP contribution is -2.56. The fourth-order valence-corrected chi connectivity index (χ4v) is 6.05. The van der Waals surface area contributed by atoms with E-state index in [4.69, 9.17) is 4.98 Å². The largest absolute Gasteiger partial charge is 0.465 e. The van der Waals surface area contributed by atoms with Gasteiger partial charge in [0.2, 0.25) is 5.82 Å². The van der Waals surface area contributed by atoms with Gasteiger partial charge in [-0.3, -0.25) is 9.88 Å². The normalized spacial score (nSPS) is 16.9. The van der Waals surface area contributed by atoms with Gasteiger partial charge in [-0.15, -0.1) is 11.8 Å². The lowest BCUT2D eigenvalue weighted by molar-refractivity contribution is 0.106. The van der Waals surface area contributed by atoms with Crippen LogP contribution < -0.4 is 4.90 Å². The molecule has 218 valence electrons. The smallest absolute Gasteiger partial charge is 0.407 e. The molecule has 0 unspecified atom stereocenters. The number of aliphatic imine (C=N–C) groups is 1. The zero-order chi connectivity index (χ0) is 30.3. The van der Waals surface area contributed by atoms with Crippen molar-refractivity contribution in [1.29, 1.82) is 0 Å². The van der Waals surface area contributed by atoms with Crippen molar-refractivity contribution in [2.75, 3.05) is 30.8 Å². The first-order valence-electron chi connectivity index (χ1n) is 13.4. The molecule has 1 fully saturated rings. The summed E-state index contributed by atoms with van der Waals surface area (Å²) in [6, 6.07) is 7.21. The zero-order valence-corrected chi connectivity index (χ0v) is 24.7. The molecule has 4 heterocycles. The summed E-state index contributed by atoms with van der Waals surface area (Å²) in [5.74, 6) is 0.818. The second-order valence-corrected chi connectivity index (χ2v) is 11.3. The molecule has 2 aliphatic rings. The molecule has 0 spiro atoms. The van der Waals surface area contributed by atoms with Crippen molar-refractivity contribution < 1.29 is 23.5 Å². The molecule has 0 aliphatic carbocycles. The highest BCUT2D eigenvalue weighted by atomic mass is 32.2. The first kappa shape index (κ1) is 29.2. The first-order valence-corrected chi connectivity index (χ1v) is 14.7. The van der Waals surface area contributed by atoms with E-state index in [1.54, 1.807) is 30.7 Å². The Labute approximate surface area is 246 Å². The molecule has 0 radical (unpaired) electrons. The van der Waals surface area contributed by atoms with Crippen LogP contribution in [-0.4, -0.2) is 74.7 Å². The van der Waals surface area contributed by atoms with Gasteiger partial charge in [0.25, 0.3) is 0 Å². The van der Waals surface area contributed by atoms with Crippen molar-refractivity contribution in [3.8, 4) is 11.3 Å². The predicted molar refractivity (Wildman–Crippen MR) is 158 cm³/mol. The third kappa shape index (κ3) is 5.01. The summed E-state index contributed by atoms with van der Waals surface area (Å²) in [7, 11) is 0. The van der Waals surface area contributed by atoms with E-state index in [2.05, 4.69) is 9.98 Å². The first-order chi connectivity index (χ1) is 20.1. The molecule has 9 nitrogen and oxygen atoms in total. The number of hydrogen-bond donors (Lipinski definition) is 1. The Hall–Kier alpha value is -4.28. The van der Waals surface area contributed by atoms with E-state index in [0.717, 1.165) is 5.56 Å². The molecule has 1 N–H and O–H groups in total. The van der Waals surface area contributed by atoms with E-state index in [-0.39, 0.29) is 65.9 Å². The molecule has 1 amide bonds. The van der Waals surface area contributed by atoms with Gasteiger partial charge in [0.1, 0.15) is 17.3 Å². The van der Waals surface area contributed by atoms with Gasteiger partial charge >= 0.3 is 6.09 Å². The highest BCUT2D eigenvalue weighted by Crippen LogP contribution is 2.43. The summed E-state index contributed by atoms with van der Waals surface area (Å²) in [5.41, 5.74) is 2.09. The van der Waals surface area contributed by atoms with Gasteiger partial charge in [-0.05, 0) is 55.9 Å². The van der Waals surface area contributed by atoms with Crippen LogP contribution in [0.3, 0.4) is 0 Å². The number of pyridine rings is 2. The number of carbonyl (C=O) groups excluding carboxylic acids is 1. The molecule has 1 saturated heterocycles. The van der Waals surface area contributed by atoms with E-state index < -0.39 is 17.7 Å². The highest BCUT2D eigenvalue weighted by molar-refractivity contribution is 7.98. The van der Waals surface area contributed by atoms with Gasteiger partial charge < -0.3 is 14.9 Å². The number of carbonyl (C=O) groups is 1. The maximum Gasteiger partial charge on any atom is 0.407 e. The number of benzene rings is 1. The van der Waals surface area contributed by atoms with Gasteiger partial charge in [0.05, 0.1) is 22.5 Å². The number of hydrogen-bond acceptors (Lipinski definition) is 8. The second-order valence-electron chi connectivity index (χ2n) is 10.5. The lowest BCUT2D eigenvalue weighted by Gasteiger charge is -2.42. The molecule has 42 heavy (non-hydrogen) atoms. The van der Waals surface area contributed by atoms with Crippen molar-refractivity contribution >= 4 is 41.1 Å². The number of amides is 1. The maximum atomic E-state index is 16.0. The van der Waals surface area contributed by atoms with Crippen molar-refractivity contribution in [2.24, 2.45) is 4.99 Å². The van der Waals surface area contributed by atoms with Crippen LogP contribution in [0.4, 0.5) is 25.1 Å². The zero-order valence-electron chi connectivity index (χ0n) is 23.9. The monoisotopic (exact) mass is 592 g/mol. The Kier molecular flexibility index (Phi) is 8.03. The van der Waals surface area contributed by atoms with Crippen molar-refractivity contribution in [3.05, 3.63) is 70.8 Å². The van der Waals surface area contributed by atoms with Gasteiger partial charge in [0, 0.05) is 36.8 Å². The van der Waals surface area contributed by atoms with Crippen LogP contribution in [0.5, 0.6) is 0 Å². The van der Waals surface area contributed by atoms with Gasteiger partial charge in [-0.1, -0.05) is 19.9 Å². The van der Waals surface area contributed by atoms with E-state index >= 15 is 8.78 Å². The minimum atomic E-state index is -1.03. The average molecular weight is 593 g/mol. The van der Waals surface area contributed by atoms with Gasteiger partial charge in [-0.25, -0.2) is 28.3 Å².